The van der Waals surface area contributed by atoms with Gasteiger partial charge >= 0.3 is 0 Å². The van der Waals surface area contributed by atoms with Gasteiger partial charge in [0.1, 0.15) is 0 Å². The van der Waals surface area contributed by atoms with Crippen molar-refractivity contribution in [1.82, 2.24) is 5.32 Å². The average molecular weight is 267 g/mol. The number of aryl methyl sites for hydroxylation is 2. The minimum absolute atomic E-state index is 0.310. The summed E-state index contributed by atoms with van der Waals surface area (Å²) in [5.74, 6) is 0.310. The quantitative estimate of drug-likeness (QED) is 0.821. The van der Waals surface area contributed by atoms with Crippen molar-refractivity contribution >= 4 is 10.8 Å². The maximum absolute atomic E-state index is 12.2. The summed E-state index contributed by atoms with van der Waals surface area (Å²) in [6.45, 7) is 4.49. The third-order valence-corrected chi connectivity index (χ3v) is 4.77. The van der Waals surface area contributed by atoms with E-state index in [1.54, 1.807) is 0 Å². The van der Waals surface area contributed by atoms with Crippen molar-refractivity contribution in [3.8, 4) is 0 Å². The number of aliphatic hydroxyl groups excluding tert-OH is 1. The summed E-state index contributed by atoms with van der Waals surface area (Å²) in [5, 5.41) is 13.1. The normalized spacial score (nSPS) is 18.6. The first-order valence-electron chi connectivity index (χ1n) is 6.43. The Morgan fingerprint density at radius 1 is 1.44 bits per heavy atom. The van der Waals surface area contributed by atoms with Crippen LogP contribution in [-0.2, 0) is 10.8 Å². The number of rotatable bonds is 6. The van der Waals surface area contributed by atoms with Crippen LogP contribution in [0.4, 0.5) is 0 Å². The molecule has 0 heterocycles. The maximum Gasteiger partial charge on any atom is 0.0783 e. The van der Waals surface area contributed by atoms with E-state index in [0.717, 1.165) is 16.0 Å². The minimum Gasteiger partial charge on any atom is -0.391 e. The van der Waals surface area contributed by atoms with Crippen LogP contribution in [0, 0.1) is 13.8 Å². The highest BCUT2D eigenvalue weighted by Gasteiger charge is 2.22. The zero-order valence-corrected chi connectivity index (χ0v) is 11.8. The van der Waals surface area contributed by atoms with Gasteiger partial charge in [-0.1, -0.05) is 12.1 Å². The van der Waals surface area contributed by atoms with Crippen molar-refractivity contribution < 1.29 is 9.32 Å². The predicted molar refractivity (Wildman–Crippen MR) is 74.2 cm³/mol. The molecule has 0 aromatic heterocycles. The molecule has 2 N–H and O–H groups in total. The van der Waals surface area contributed by atoms with Crippen LogP contribution in [0.25, 0.3) is 0 Å². The van der Waals surface area contributed by atoms with Crippen LogP contribution >= 0.6 is 0 Å². The van der Waals surface area contributed by atoms with Crippen molar-refractivity contribution in [3.05, 3.63) is 29.3 Å². The Bertz CT molecular complexity index is 443. The topological polar surface area (TPSA) is 49.3 Å². The van der Waals surface area contributed by atoms with E-state index >= 15 is 0 Å². The number of hydrogen-bond donors (Lipinski definition) is 2. The lowest BCUT2D eigenvalue weighted by Crippen LogP contribution is -2.32. The lowest BCUT2D eigenvalue weighted by molar-refractivity contribution is 0.194. The van der Waals surface area contributed by atoms with Crippen LogP contribution in [0.3, 0.4) is 0 Å². The van der Waals surface area contributed by atoms with E-state index in [2.05, 4.69) is 5.32 Å². The van der Waals surface area contributed by atoms with E-state index in [1.807, 2.05) is 32.0 Å². The molecule has 2 rings (SSSR count). The van der Waals surface area contributed by atoms with Gasteiger partial charge in [-0.25, -0.2) is 0 Å². The SMILES string of the molecule is Cc1ccc(C)c(S(=O)CC(O)CNC2CC2)c1. The molecule has 1 saturated carbocycles. The van der Waals surface area contributed by atoms with E-state index in [1.165, 1.54) is 12.8 Å². The first-order valence-corrected chi connectivity index (χ1v) is 7.75. The van der Waals surface area contributed by atoms with E-state index in [-0.39, 0.29) is 0 Å². The second kappa shape index (κ2) is 5.95. The van der Waals surface area contributed by atoms with Crippen LogP contribution in [0.5, 0.6) is 0 Å². The fourth-order valence-electron chi connectivity index (χ4n) is 1.87. The van der Waals surface area contributed by atoms with Gasteiger partial charge in [-0.3, -0.25) is 4.21 Å². The summed E-state index contributed by atoms with van der Waals surface area (Å²) in [6.07, 6.45) is 1.87. The summed E-state index contributed by atoms with van der Waals surface area (Å²) in [6, 6.07) is 6.53. The number of hydrogen-bond acceptors (Lipinski definition) is 3. The lowest BCUT2D eigenvalue weighted by atomic mass is 10.2. The van der Waals surface area contributed by atoms with Gasteiger partial charge in [0.05, 0.1) is 22.7 Å². The van der Waals surface area contributed by atoms with E-state index in [4.69, 9.17) is 0 Å². The zero-order chi connectivity index (χ0) is 13.1. The minimum atomic E-state index is -1.12. The molecule has 1 aliphatic carbocycles. The highest BCUT2D eigenvalue weighted by Crippen LogP contribution is 2.19. The molecule has 0 spiro atoms. The molecule has 2 unspecified atom stereocenters. The molecule has 18 heavy (non-hydrogen) atoms. The van der Waals surface area contributed by atoms with Crippen LogP contribution in [-0.4, -0.2) is 33.8 Å². The summed E-state index contributed by atoms with van der Waals surface area (Å²) in [5.41, 5.74) is 2.14. The molecule has 0 bridgehead atoms. The van der Waals surface area contributed by atoms with Crippen molar-refractivity contribution in [2.75, 3.05) is 12.3 Å². The molecular weight excluding hydrogens is 246 g/mol. The molecule has 1 aromatic rings. The highest BCUT2D eigenvalue weighted by atomic mass is 32.2. The molecule has 2 atom stereocenters. The van der Waals surface area contributed by atoms with Gasteiger partial charge in [-0.2, -0.15) is 0 Å². The van der Waals surface area contributed by atoms with Crippen LogP contribution in [0.2, 0.25) is 0 Å². The smallest absolute Gasteiger partial charge is 0.0783 e. The van der Waals surface area contributed by atoms with Crippen molar-refractivity contribution in [1.29, 1.82) is 0 Å². The van der Waals surface area contributed by atoms with E-state index in [0.29, 0.717) is 18.3 Å². The monoisotopic (exact) mass is 267 g/mol. The van der Waals surface area contributed by atoms with E-state index in [9.17, 15) is 9.32 Å². The molecule has 0 radical (unpaired) electrons. The largest absolute Gasteiger partial charge is 0.391 e. The highest BCUT2D eigenvalue weighted by molar-refractivity contribution is 7.85. The van der Waals surface area contributed by atoms with Gasteiger partial charge in [0.25, 0.3) is 0 Å². The van der Waals surface area contributed by atoms with Gasteiger partial charge in [-0.15, -0.1) is 0 Å². The Kier molecular flexibility index (Phi) is 4.54. The second-order valence-corrected chi connectivity index (χ2v) is 6.58. The van der Waals surface area contributed by atoms with Crippen LogP contribution in [0.1, 0.15) is 24.0 Å². The maximum atomic E-state index is 12.2. The van der Waals surface area contributed by atoms with Crippen LogP contribution in [0.15, 0.2) is 23.1 Å². The summed E-state index contributed by atoms with van der Waals surface area (Å²) in [4.78, 5) is 0.848. The molecule has 100 valence electrons. The summed E-state index contributed by atoms with van der Waals surface area (Å²) < 4.78 is 12.2. The molecular formula is C14H21NO2S. The molecule has 1 aliphatic rings. The fourth-order valence-corrected chi connectivity index (χ4v) is 3.26. The van der Waals surface area contributed by atoms with Gasteiger partial charge in [0.15, 0.2) is 0 Å². The predicted octanol–water partition coefficient (Wildman–Crippen LogP) is 1.52. The Balaban J connectivity index is 1.91. The molecule has 4 heteroatoms. The molecule has 3 nitrogen and oxygen atoms in total. The summed E-state index contributed by atoms with van der Waals surface area (Å²) in [7, 11) is -1.12. The lowest BCUT2D eigenvalue weighted by Gasteiger charge is -2.12. The fraction of sp³-hybridized carbons (Fsp3) is 0.571. The number of benzene rings is 1. The zero-order valence-electron chi connectivity index (χ0n) is 11.0. The Morgan fingerprint density at radius 2 is 2.17 bits per heavy atom. The Hall–Kier alpha value is -0.710. The number of nitrogens with one attached hydrogen (secondary N) is 1. The van der Waals surface area contributed by atoms with Gasteiger partial charge in [-0.05, 0) is 43.9 Å². The Labute approximate surface area is 111 Å². The van der Waals surface area contributed by atoms with Crippen LogP contribution < -0.4 is 5.32 Å². The Morgan fingerprint density at radius 3 is 2.83 bits per heavy atom. The molecule has 1 fully saturated rings. The second-order valence-electron chi connectivity index (χ2n) is 5.12. The third kappa shape index (κ3) is 3.90. The first kappa shape index (κ1) is 13.7. The molecule has 1 aromatic carbocycles. The third-order valence-electron chi connectivity index (χ3n) is 3.15. The van der Waals surface area contributed by atoms with Gasteiger partial charge in [0.2, 0.25) is 0 Å². The van der Waals surface area contributed by atoms with E-state index < -0.39 is 16.9 Å². The van der Waals surface area contributed by atoms with Crippen molar-refractivity contribution in [3.63, 3.8) is 0 Å². The van der Waals surface area contributed by atoms with Gasteiger partial charge in [0, 0.05) is 17.5 Å². The molecule has 0 saturated heterocycles. The first-order chi connectivity index (χ1) is 8.56. The summed E-state index contributed by atoms with van der Waals surface area (Å²) >= 11 is 0. The average Bonchev–Trinajstić information content (AvgIpc) is 3.13. The standard InChI is InChI=1S/C14H21NO2S/c1-10-3-4-11(2)14(7-10)18(17)9-13(16)8-15-12-5-6-12/h3-4,7,12-13,15-16H,5-6,8-9H2,1-2H3. The van der Waals surface area contributed by atoms with Crippen molar-refractivity contribution in [2.24, 2.45) is 0 Å². The molecule has 0 amide bonds. The van der Waals surface area contributed by atoms with Gasteiger partial charge < -0.3 is 10.4 Å². The molecule has 0 aliphatic heterocycles. The van der Waals surface area contributed by atoms with Crippen molar-refractivity contribution in [2.45, 2.75) is 43.7 Å². The number of aliphatic hydroxyl groups is 1.